The Balaban J connectivity index is 1.91. The number of benzene rings is 2. The van der Waals surface area contributed by atoms with Gasteiger partial charge in [0.1, 0.15) is 0 Å². The van der Waals surface area contributed by atoms with E-state index < -0.39 is 0 Å². The van der Waals surface area contributed by atoms with Crippen molar-refractivity contribution in [3.63, 3.8) is 0 Å². The van der Waals surface area contributed by atoms with Crippen molar-refractivity contribution in [3.8, 4) is 11.1 Å². The molecule has 0 saturated carbocycles. The summed E-state index contributed by atoms with van der Waals surface area (Å²) < 4.78 is 0. The fourth-order valence-electron chi connectivity index (χ4n) is 2.79. The van der Waals surface area contributed by atoms with Crippen molar-refractivity contribution in [2.45, 2.75) is 26.7 Å². The Morgan fingerprint density at radius 1 is 0.688 bits per heavy atom. The molecule has 0 atom stereocenters. The monoisotopic (exact) mass is 206 g/mol. The average Bonchev–Trinajstić information content (AvgIpc) is 3.10. The second-order valence-corrected chi connectivity index (χ2v) is 5.22. The molecule has 78 valence electrons. The minimum Gasteiger partial charge on any atom is -0.0511 e. The normalized spacial score (nSPS) is 14.4. The van der Waals surface area contributed by atoms with Gasteiger partial charge in [0.15, 0.2) is 0 Å². The van der Waals surface area contributed by atoms with Gasteiger partial charge in [0.05, 0.1) is 0 Å². The predicted molar refractivity (Wildman–Crippen MR) is 67.0 cm³/mol. The van der Waals surface area contributed by atoms with Gasteiger partial charge in [-0.25, -0.2) is 0 Å². The summed E-state index contributed by atoms with van der Waals surface area (Å²) >= 11 is 0. The topological polar surface area (TPSA) is 0 Å². The molecular formula is C16H14. The van der Waals surface area contributed by atoms with E-state index in [1.165, 1.54) is 35.1 Å². The van der Waals surface area contributed by atoms with Crippen molar-refractivity contribution in [2.24, 2.45) is 0 Å². The van der Waals surface area contributed by atoms with Gasteiger partial charge in [-0.05, 0) is 71.2 Å². The van der Waals surface area contributed by atoms with Crippen LogP contribution in [-0.4, -0.2) is 0 Å². The summed E-state index contributed by atoms with van der Waals surface area (Å²) in [6.07, 6.45) is 2.44. The van der Waals surface area contributed by atoms with Gasteiger partial charge in [0, 0.05) is 0 Å². The quantitative estimate of drug-likeness (QED) is 0.444. The summed E-state index contributed by atoms with van der Waals surface area (Å²) in [7, 11) is 0. The van der Waals surface area contributed by atoms with Crippen LogP contribution in [0.5, 0.6) is 0 Å². The first-order chi connectivity index (χ1) is 7.72. The molecule has 0 N–H and O–H groups in total. The summed E-state index contributed by atoms with van der Waals surface area (Å²) in [5, 5.41) is 0. The Labute approximate surface area is 95.9 Å². The number of hydrogen-bond acceptors (Lipinski definition) is 0. The summed E-state index contributed by atoms with van der Waals surface area (Å²) in [5.41, 5.74) is 12.0. The molecule has 2 aromatic carbocycles. The Morgan fingerprint density at radius 3 is 1.50 bits per heavy atom. The van der Waals surface area contributed by atoms with Crippen LogP contribution in [0.2, 0.25) is 0 Å². The van der Waals surface area contributed by atoms with E-state index in [-0.39, 0.29) is 0 Å². The minimum absolute atomic E-state index is 1.22. The molecule has 0 heteroatoms. The smallest absolute Gasteiger partial charge is 0.00171 e. The third-order valence-corrected chi connectivity index (χ3v) is 3.95. The van der Waals surface area contributed by atoms with Crippen molar-refractivity contribution >= 4 is 0 Å². The molecule has 2 aliphatic carbocycles. The van der Waals surface area contributed by atoms with Crippen LogP contribution in [-0.2, 0) is 12.8 Å². The zero-order chi connectivity index (χ0) is 10.9. The van der Waals surface area contributed by atoms with Crippen LogP contribution in [0.1, 0.15) is 33.4 Å². The van der Waals surface area contributed by atoms with Crippen LogP contribution in [0, 0.1) is 13.8 Å². The van der Waals surface area contributed by atoms with Crippen LogP contribution in [0.15, 0.2) is 24.3 Å². The Hall–Kier alpha value is -1.56. The molecule has 0 fully saturated rings. The first kappa shape index (κ1) is 8.58. The van der Waals surface area contributed by atoms with Crippen molar-refractivity contribution < 1.29 is 0 Å². The van der Waals surface area contributed by atoms with Gasteiger partial charge in [-0.1, -0.05) is 24.3 Å². The second-order valence-electron chi connectivity index (χ2n) is 5.22. The van der Waals surface area contributed by atoms with E-state index in [1.807, 2.05) is 0 Å². The van der Waals surface area contributed by atoms with Gasteiger partial charge in [-0.3, -0.25) is 0 Å². The highest BCUT2D eigenvalue weighted by Crippen LogP contribution is 2.39. The number of hydrogen-bond donors (Lipinski definition) is 0. The third kappa shape index (κ3) is 1.10. The maximum Gasteiger partial charge on any atom is -0.00171 e. The Bertz CT molecular complexity index is 575. The number of aryl methyl sites for hydroxylation is 2. The SMILES string of the molecule is Cc1cc(-c2cc(C)c3c(c2)C3)cc2c1C2. The molecule has 0 amide bonds. The molecule has 0 radical (unpaired) electrons. The molecule has 0 unspecified atom stereocenters. The lowest BCUT2D eigenvalue weighted by Gasteiger charge is -2.03. The van der Waals surface area contributed by atoms with Crippen molar-refractivity contribution in [1.29, 1.82) is 0 Å². The molecule has 0 aliphatic heterocycles. The van der Waals surface area contributed by atoms with Gasteiger partial charge in [0.2, 0.25) is 0 Å². The van der Waals surface area contributed by atoms with E-state index in [1.54, 1.807) is 22.3 Å². The molecule has 0 heterocycles. The maximum atomic E-state index is 2.37. The largest absolute Gasteiger partial charge is 0.0511 e. The van der Waals surface area contributed by atoms with Gasteiger partial charge >= 0.3 is 0 Å². The highest BCUT2D eigenvalue weighted by Gasteiger charge is 2.23. The number of fused-ring (bicyclic) bond motifs is 2. The second kappa shape index (κ2) is 2.57. The lowest BCUT2D eigenvalue weighted by molar-refractivity contribution is 1.44. The molecule has 2 aromatic rings. The van der Waals surface area contributed by atoms with Crippen molar-refractivity contribution in [2.75, 3.05) is 0 Å². The molecule has 0 nitrogen and oxygen atoms in total. The van der Waals surface area contributed by atoms with Gasteiger partial charge in [0.25, 0.3) is 0 Å². The predicted octanol–water partition coefficient (Wildman–Crippen LogP) is 3.78. The van der Waals surface area contributed by atoms with Crippen molar-refractivity contribution in [1.82, 2.24) is 0 Å². The summed E-state index contributed by atoms with van der Waals surface area (Å²) in [6, 6.07) is 9.42. The molecular weight excluding hydrogens is 192 g/mol. The Kier molecular flexibility index (Phi) is 1.38. The standard InChI is InChI=1S/C16H14/c1-9-3-11(5-13-7-15(9)13)12-4-10(2)16-8-14(16)6-12/h3-6H,7-8H2,1-2H3. The number of rotatable bonds is 1. The van der Waals surface area contributed by atoms with E-state index in [4.69, 9.17) is 0 Å². The first-order valence-electron chi connectivity index (χ1n) is 5.97. The fourth-order valence-corrected chi connectivity index (χ4v) is 2.79. The van der Waals surface area contributed by atoms with Gasteiger partial charge in [-0.15, -0.1) is 0 Å². The van der Waals surface area contributed by atoms with E-state index in [0.29, 0.717) is 0 Å². The van der Waals surface area contributed by atoms with Crippen LogP contribution in [0.25, 0.3) is 11.1 Å². The molecule has 0 spiro atoms. The zero-order valence-electron chi connectivity index (χ0n) is 9.72. The highest BCUT2D eigenvalue weighted by atomic mass is 14.3. The lowest BCUT2D eigenvalue weighted by atomic mass is 10.0. The van der Waals surface area contributed by atoms with Gasteiger partial charge in [-0.2, -0.15) is 0 Å². The van der Waals surface area contributed by atoms with E-state index >= 15 is 0 Å². The molecule has 0 bridgehead atoms. The van der Waals surface area contributed by atoms with Crippen LogP contribution >= 0.6 is 0 Å². The maximum absolute atomic E-state index is 2.37. The summed E-state index contributed by atoms with van der Waals surface area (Å²) in [6.45, 7) is 4.47. The average molecular weight is 206 g/mol. The lowest BCUT2D eigenvalue weighted by Crippen LogP contribution is -1.80. The van der Waals surface area contributed by atoms with Crippen LogP contribution < -0.4 is 0 Å². The van der Waals surface area contributed by atoms with E-state index in [2.05, 4.69) is 38.1 Å². The molecule has 0 saturated heterocycles. The fraction of sp³-hybridized carbons (Fsp3) is 0.250. The summed E-state index contributed by atoms with van der Waals surface area (Å²) in [5.74, 6) is 0. The molecule has 16 heavy (non-hydrogen) atoms. The third-order valence-electron chi connectivity index (χ3n) is 3.95. The first-order valence-corrected chi connectivity index (χ1v) is 5.97. The zero-order valence-corrected chi connectivity index (χ0v) is 9.72. The molecule has 0 aromatic heterocycles. The van der Waals surface area contributed by atoms with E-state index in [9.17, 15) is 0 Å². The minimum atomic E-state index is 1.22. The molecule has 4 rings (SSSR count). The van der Waals surface area contributed by atoms with Crippen LogP contribution in [0.3, 0.4) is 0 Å². The van der Waals surface area contributed by atoms with Crippen molar-refractivity contribution in [3.05, 3.63) is 57.6 Å². The van der Waals surface area contributed by atoms with Gasteiger partial charge < -0.3 is 0 Å². The van der Waals surface area contributed by atoms with Crippen LogP contribution in [0.4, 0.5) is 0 Å². The molecule has 2 aliphatic rings. The highest BCUT2D eigenvalue weighted by molar-refractivity contribution is 5.73. The summed E-state index contributed by atoms with van der Waals surface area (Å²) in [4.78, 5) is 0. The van der Waals surface area contributed by atoms with E-state index in [0.717, 1.165) is 0 Å². The Morgan fingerprint density at radius 2 is 1.12 bits per heavy atom.